The lowest BCUT2D eigenvalue weighted by Gasteiger charge is -2.26. The minimum Gasteiger partial charge on any atom is -0.482 e. The predicted octanol–water partition coefficient (Wildman–Crippen LogP) is 3.71. The maximum atomic E-state index is 11.9. The lowest BCUT2D eigenvalue weighted by molar-refractivity contribution is -0.384. The van der Waals surface area contributed by atoms with E-state index in [2.05, 4.69) is 15.3 Å². The van der Waals surface area contributed by atoms with Crippen molar-refractivity contribution < 1.29 is 14.5 Å². The predicted molar refractivity (Wildman–Crippen MR) is 112 cm³/mol. The van der Waals surface area contributed by atoms with Gasteiger partial charge in [0.15, 0.2) is 12.4 Å². The summed E-state index contributed by atoms with van der Waals surface area (Å²) < 4.78 is 5.46. The highest BCUT2D eigenvalue weighted by Gasteiger charge is 2.22. The molecule has 4 rings (SSSR count). The number of benzene rings is 2. The van der Waals surface area contributed by atoms with E-state index in [0.717, 1.165) is 11.4 Å². The molecule has 0 spiro atoms. The normalized spacial score (nSPS) is 12.9. The average Bonchev–Trinajstić information content (AvgIpc) is 2.76. The summed E-state index contributed by atoms with van der Waals surface area (Å²) in [5.74, 6) is 1.59. The van der Waals surface area contributed by atoms with Crippen molar-refractivity contribution in [2.24, 2.45) is 0 Å². The van der Waals surface area contributed by atoms with Gasteiger partial charge >= 0.3 is 0 Å². The fourth-order valence-electron chi connectivity index (χ4n) is 3.10. The number of nitrogens with zero attached hydrogens (tertiary/aromatic N) is 4. The van der Waals surface area contributed by atoms with Gasteiger partial charge in [0, 0.05) is 42.2 Å². The topological polar surface area (TPSA) is 110 Å². The van der Waals surface area contributed by atoms with Crippen molar-refractivity contribution in [2.45, 2.75) is 13.3 Å². The lowest BCUT2D eigenvalue weighted by Crippen LogP contribution is -2.35. The molecule has 1 aliphatic rings. The first-order chi connectivity index (χ1) is 14.4. The summed E-state index contributed by atoms with van der Waals surface area (Å²) in [6.45, 7) is 2.02. The van der Waals surface area contributed by atoms with Crippen LogP contribution in [0.4, 0.5) is 22.9 Å². The van der Waals surface area contributed by atoms with Crippen LogP contribution in [0.3, 0.4) is 0 Å². The Labute approximate surface area is 172 Å². The maximum Gasteiger partial charge on any atom is 0.269 e. The Morgan fingerprint density at radius 3 is 2.63 bits per heavy atom. The number of hydrogen-bond acceptors (Lipinski definition) is 7. The smallest absolute Gasteiger partial charge is 0.269 e. The number of rotatable bonds is 5. The van der Waals surface area contributed by atoms with E-state index in [9.17, 15) is 14.9 Å². The average molecular weight is 405 g/mol. The number of carbonyl (C=O) groups is 1. The highest BCUT2D eigenvalue weighted by Crippen LogP contribution is 2.34. The van der Waals surface area contributed by atoms with Crippen LogP contribution in [0, 0.1) is 10.1 Å². The van der Waals surface area contributed by atoms with E-state index < -0.39 is 4.92 Å². The molecule has 0 saturated heterocycles. The van der Waals surface area contributed by atoms with Crippen molar-refractivity contribution in [1.82, 2.24) is 9.97 Å². The zero-order chi connectivity index (χ0) is 21.3. The largest absolute Gasteiger partial charge is 0.482 e. The van der Waals surface area contributed by atoms with Crippen molar-refractivity contribution in [1.29, 1.82) is 0 Å². The second-order valence-electron chi connectivity index (χ2n) is 6.77. The molecule has 0 bridgehead atoms. The third kappa shape index (κ3) is 3.77. The maximum absolute atomic E-state index is 11.9. The van der Waals surface area contributed by atoms with E-state index in [0.29, 0.717) is 35.1 Å². The number of aromatic nitrogens is 2. The molecule has 0 aliphatic carbocycles. The molecule has 0 radical (unpaired) electrons. The SMILES string of the molecule is CCc1cc(Nc2ccc3c(c2)N(C)C(=O)CO3)nc(-c2ccc([N+](=O)[O-])cc2)n1. The number of fused-ring (bicyclic) bond motifs is 1. The number of carbonyl (C=O) groups excluding carboxylic acids is 1. The number of likely N-dealkylation sites (N-methyl/N-ethyl adjacent to an activating group) is 1. The zero-order valence-corrected chi connectivity index (χ0v) is 16.5. The number of nitrogens with one attached hydrogen (secondary N) is 1. The molecule has 0 atom stereocenters. The second kappa shape index (κ2) is 7.78. The van der Waals surface area contributed by atoms with E-state index in [1.807, 2.05) is 25.1 Å². The van der Waals surface area contributed by atoms with Crippen molar-refractivity contribution in [3.05, 3.63) is 64.3 Å². The van der Waals surface area contributed by atoms with Gasteiger partial charge in [-0.2, -0.15) is 0 Å². The van der Waals surface area contributed by atoms with Crippen LogP contribution in [0.25, 0.3) is 11.4 Å². The Morgan fingerprint density at radius 1 is 1.17 bits per heavy atom. The minimum absolute atomic E-state index is 0.0127. The highest BCUT2D eigenvalue weighted by atomic mass is 16.6. The fraction of sp³-hybridized carbons (Fsp3) is 0.190. The van der Waals surface area contributed by atoms with Crippen LogP contribution in [0.5, 0.6) is 5.75 Å². The van der Waals surface area contributed by atoms with E-state index in [1.54, 1.807) is 30.1 Å². The molecule has 9 nitrogen and oxygen atoms in total. The first-order valence-corrected chi connectivity index (χ1v) is 9.38. The number of aryl methyl sites for hydroxylation is 1. The van der Waals surface area contributed by atoms with Gasteiger partial charge in [-0.3, -0.25) is 14.9 Å². The molecular formula is C21H19N5O4. The first kappa shape index (κ1) is 19.3. The van der Waals surface area contributed by atoms with Crippen molar-refractivity contribution >= 4 is 28.8 Å². The zero-order valence-electron chi connectivity index (χ0n) is 16.5. The molecular weight excluding hydrogens is 386 g/mol. The monoisotopic (exact) mass is 405 g/mol. The number of nitro benzene ring substituents is 1. The molecule has 0 fully saturated rings. The Bertz CT molecular complexity index is 1130. The van der Waals surface area contributed by atoms with E-state index in [1.165, 1.54) is 12.1 Å². The molecule has 1 aromatic heterocycles. The van der Waals surface area contributed by atoms with Gasteiger partial charge in [-0.05, 0) is 36.8 Å². The van der Waals surface area contributed by atoms with Gasteiger partial charge in [-0.1, -0.05) is 6.92 Å². The summed E-state index contributed by atoms with van der Waals surface area (Å²) in [6, 6.07) is 13.5. The van der Waals surface area contributed by atoms with Crippen LogP contribution in [0.15, 0.2) is 48.5 Å². The molecule has 30 heavy (non-hydrogen) atoms. The Balaban J connectivity index is 1.66. The lowest BCUT2D eigenvalue weighted by atomic mass is 10.2. The fourth-order valence-corrected chi connectivity index (χ4v) is 3.10. The van der Waals surface area contributed by atoms with E-state index in [-0.39, 0.29) is 18.2 Å². The van der Waals surface area contributed by atoms with Gasteiger partial charge in [0.2, 0.25) is 0 Å². The van der Waals surface area contributed by atoms with Gasteiger partial charge < -0.3 is 15.0 Å². The molecule has 3 aromatic rings. The van der Waals surface area contributed by atoms with Crippen LogP contribution >= 0.6 is 0 Å². The van der Waals surface area contributed by atoms with Crippen molar-refractivity contribution in [2.75, 3.05) is 23.9 Å². The number of nitro groups is 1. The van der Waals surface area contributed by atoms with Crippen molar-refractivity contribution in [3.63, 3.8) is 0 Å². The highest BCUT2D eigenvalue weighted by molar-refractivity contribution is 5.98. The Kier molecular flexibility index (Phi) is 5.01. The Hall–Kier alpha value is -4.01. The summed E-state index contributed by atoms with van der Waals surface area (Å²) in [4.78, 5) is 33.0. The Morgan fingerprint density at radius 2 is 1.93 bits per heavy atom. The summed E-state index contributed by atoms with van der Waals surface area (Å²) in [6.07, 6.45) is 0.701. The standard InChI is InChI=1S/C21H19N5O4/c1-3-14-11-19(24-21(23-14)13-4-7-16(8-5-13)26(28)29)22-15-6-9-18-17(10-15)25(2)20(27)12-30-18/h4-11H,3,12H2,1-2H3,(H,22,23,24). The molecule has 9 heteroatoms. The van der Waals surface area contributed by atoms with E-state index in [4.69, 9.17) is 4.74 Å². The molecule has 0 unspecified atom stereocenters. The van der Waals surface area contributed by atoms with Crippen molar-refractivity contribution in [3.8, 4) is 17.1 Å². The number of anilines is 3. The summed E-state index contributed by atoms with van der Waals surface area (Å²) in [5.41, 5.74) is 2.95. The summed E-state index contributed by atoms with van der Waals surface area (Å²) in [7, 11) is 1.71. The van der Waals surface area contributed by atoms with Gasteiger partial charge in [-0.15, -0.1) is 0 Å². The summed E-state index contributed by atoms with van der Waals surface area (Å²) in [5, 5.41) is 14.1. The molecule has 1 amide bonds. The number of non-ortho nitro benzene ring substituents is 1. The number of hydrogen-bond donors (Lipinski definition) is 1. The molecule has 2 aromatic carbocycles. The molecule has 0 saturated carbocycles. The van der Waals surface area contributed by atoms with Crippen LogP contribution < -0.4 is 15.0 Å². The quantitative estimate of drug-likeness (QED) is 0.509. The van der Waals surface area contributed by atoms with Gasteiger partial charge in [-0.25, -0.2) is 9.97 Å². The number of ether oxygens (including phenoxy) is 1. The van der Waals surface area contributed by atoms with Crippen LogP contribution in [0.2, 0.25) is 0 Å². The molecule has 1 aliphatic heterocycles. The van der Waals surface area contributed by atoms with E-state index >= 15 is 0 Å². The van der Waals surface area contributed by atoms with Crippen LogP contribution in [0.1, 0.15) is 12.6 Å². The molecule has 2 heterocycles. The number of amides is 1. The minimum atomic E-state index is -0.443. The van der Waals surface area contributed by atoms with Gasteiger partial charge in [0.25, 0.3) is 11.6 Å². The third-order valence-electron chi connectivity index (χ3n) is 4.80. The molecule has 1 N–H and O–H groups in total. The van der Waals surface area contributed by atoms with Crippen LogP contribution in [-0.2, 0) is 11.2 Å². The molecule has 152 valence electrons. The second-order valence-corrected chi connectivity index (χ2v) is 6.77. The summed E-state index contributed by atoms with van der Waals surface area (Å²) >= 11 is 0. The van der Waals surface area contributed by atoms with Gasteiger partial charge in [0.1, 0.15) is 11.6 Å². The van der Waals surface area contributed by atoms with Gasteiger partial charge in [0.05, 0.1) is 10.6 Å². The van der Waals surface area contributed by atoms with Crippen LogP contribution in [-0.4, -0.2) is 34.5 Å². The third-order valence-corrected chi connectivity index (χ3v) is 4.80. The first-order valence-electron chi connectivity index (χ1n) is 9.38.